The summed E-state index contributed by atoms with van der Waals surface area (Å²) in [7, 11) is 0. The first-order valence-corrected chi connectivity index (χ1v) is 11.8. The predicted octanol–water partition coefficient (Wildman–Crippen LogP) is 6.85. The van der Waals surface area contributed by atoms with Gasteiger partial charge < -0.3 is 10.1 Å². The maximum Gasteiger partial charge on any atom is 0.341 e. The van der Waals surface area contributed by atoms with Crippen molar-refractivity contribution in [3.05, 3.63) is 49.7 Å². The Morgan fingerprint density at radius 3 is 2.39 bits per heavy atom. The number of Topliss-reactive ketones (excluding diaryl/α,β-unsaturated/α-hetero) is 1. The molecule has 0 atom stereocenters. The van der Waals surface area contributed by atoms with Crippen LogP contribution in [0.5, 0.6) is 0 Å². The van der Waals surface area contributed by atoms with Crippen LogP contribution < -0.4 is 5.32 Å². The molecule has 31 heavy (non-hydrogen) atoms. The molecule has 0 aliphatic carbocycles. The van der Waals surface area contributed by atoms with E-state index in [2.05, 4.69) is 32.2 Å². The van der Waals surface area contributed by atoms with E-state index in [4.69, 9.17) is 16.3 Å². The van der Waals surface area contributed by atoms with Gasteiger partial charge in [-0.3, -0.25) is 9.59 Å². The lowest BCUT2D eigenvalue weighted by Crippen LogP contribution is -2.14. The van der Waals surface area contributed by atoms with Crippen LogP contribution in [0.25, 0.3) is 10.1 Å². The van der Waals surface area contributed by atoms with Gasteiger partial charge in [-0.05, 0) is 43.4 Å². The van der Waals surface area contributed by atoms with Crippen LogP contribution in [0.15, 0.2) is 18.2 Å². The molecule has 5 nitrogen and oxygen atoms in total. The standard InChI is InChI=1S/C23H24ClNO4S2/c1-7-29-22(28)16-11(2)18(12(3)26)31-21(16)25-20(27)19-17(24)14-9-8-13(23(4,5)6)10-15(14)30-19/h8-10H,7H2,1-6H3,(H,25,27). The van der Waals surface area contributed by atoms with E-state index in [1.54, 1.807) is 13.8 Å². The van der Waals surface area contributed by atoms with Gasteiger partial charge in [0.2, 0.25) is 0 Å². The van der Waals surface area contributed by atoms with Crippen molar-refractivity contribution in [1.82, 2.24) is 0 Å². The zero-order valence-corrected chi connectivity index (χ0v) is 20.7. The van der Waals surface area contributed by atoms with Crippen molar-refractivity contribution >= 4 is 67.0 Å². The SMILES string of the molecule is CCOC(=O)c1c(NC(=O)c2sc3cc(C(C)(C)C)ccc3c2Cl)sc(C(C)=O)c1C. The average Bonchev–Trinajstić information content (AvgIpc) is 3.18. The molecule has 1 amide bonds. The summed E-state index contributed by atoms with van der Waals surface area (Å²) < 4.78 is 6.04. The number of benzene rings is 1. The molecule has 0 aliphatic heterocycles. The average molecular weight is 478 g/mol. The summed E-state index contributed by atoms with van der Waals surface area (Å²) in [5.41, 5.74) is 1.83. The molecular weight excluding hydrogens is 454 g/mol. The zero-order chi connectivity index (χ0) is 23.1. The fourth-order valence-electron chi connectivity index (χ4n) is 3.22. The first kappa shape index (κ1) is 23.4. The van der Waals surface area contributed by atoms with E-state index in [0.29, 0.717) is 20.3 Å². The topological polar surface area (TPSA) is 72.5 Å². The summed E-state index contributed by atoms with van der Waals surface area (Å²) >= 11 is 8.90. The number of carbonyl (C=O) groups excluding carboxylic acids is 3. The molecule has 3 rings (SSSR count). The number of rotatable bonds is 5. The highest BCUT2D eigenvalue weighted by Gasteiger charge is 2.27. The summed E-state index contributed by atoms with van der Waals surface area (Å²) in [4.78, 5) is 38.3. The molecule has 0 bridgehead atoms. The Morgan fingerprint density at radius 2 is 1.81 bits per heavy atom. The van der Waals surface area contributed by atoms with Gasteiger partial charge in [0.15, 0.2) is 5.78 Å². The molecule has 0 radical (unpaired) electrons. The van der Waals surface area contributed by atoms with Crippen LogP contribution in [0.4, 0.5) is 5.00 Å². The van der Waals surface area contributed by atoms with Crippen molar-refractivity contribution in [1.29, 1.82) is 0 Å². The lowest BCUT2D eigenvalue weighted by Gasteiger charge is -2.18. The van der Waals surface area contributed by atoms with Gasteiger partial charge >= 0.3 is 5.97 Å². The third-order valence-electron chi connectivity index (χ3n) is 4.87. The van der Waals surface area contributed by atoms with Gasteiger partial charge in [-0.25, -0.2) is 4.79 Å². The number of hydrogen-bond acceptors (Lipinski definition) is 6. The van der Waals surface area contributed by atoms with Crippen molar-refractivity contribution in [3.63, 3.8) is 0 Å². The molecule has 0 unspecified atom stereocenters. The number of nitrogens with one attached hydrogen (secondary N) is 1. The number of ketones is 1. The Balaban J connectivity index is 2.02. The Kier molecular flexibility index (Phi) is 6.60. The highest BCUT2D eigenvalue weighted by Crippen LogP contribution is 2.39. The highest BCUT2D eigenvalue weighted by atomic mass is 35.5. The lowest BCUT2D eigenvalue weighted by molar-refractivity contribution is 0.0527. The molecule has 1 aromatic carbocycles. The van der Waals surface area contributed by atoms with E-state index in [9.17, 15) is 14.4 Å². The van der Waals surface area contributed by atoms with Crippen molar-refractivity contribution in [3.8, 4) is 0 Å². The molecule has 3 aromatic rings. The van der Waals surface area contributed by atoms with Crippen molar-refractivity contribution in [2.24, 2.45) is 0 Å². The molecule has 0 saturated heterocycles. The van der Waals surface area contributed by atoms with Crippen LogP contribution in [0.3, 0.4) is 0 Å². The first-order valence-electron chi connectivity index (χ1n) is 9.81. The maximum atomic E-state index is 13.1. The van der Waals surface area contributed by atoms with Gasteiger partial charge in [0.25, 0.3) is 5.91 Å². The predicted molar refractivity (Wildman–Crippen MR) is 129 cm³/mol. The quantitative estimate of drug-likeness (QED) is 0.322. The molecule has 2 heterocycles. The normalized spacial score (nSPS) is 11.6. The Morgan fingerprint density at radius 1 is 1.13 bits per heavy atom. The molecule has 2 aromatic heterocycles. The Bertz CT molecular complexity index is 1200. The minimum Gasteiger partial charge on any atom is -0.462 e. The number of thiophene rings is 2. The summed E-state index contributed by atoms with van der Waals surface area (Å²) in [6.45, 7) is 11.4. The summed E-state index contributed by atoms with van der Waals surface area (Å²) in [5, 5.41) is 4.25. The number of amides is 1. The molecule has 8 heteroatoms. The fraction of sp³-hybridized carbons (Fsp3) is 0.348. The highest BCUT2D eigenvalue weighted by molar-refractivity contribution is 7.22. The summed E-state index contributed by atoms with van der Waals surface area (Å²) in [5.74, 6) is -1.18. The van der Waals surface area contributed by atoms with Crippen LogP contribution >= 0.6 is 34.3 Å². The molecule has 0 aliphatic rings. The van der Waals surface area contributed by atoms with Gasteiger partial charge in [-0.15, -0.1) is 22.7 Å². The van der Waals surface area contributed by atoms with E-state index in [0.717, 1.165) is 27.0 Å². The second-order valence-corrected chi connectivity index (χ2v) is 10.6. The number of anilines is 1. The van der Waals surface area contributed by atoms with Crippen molar-refractivity contribution < 1.29 is 19.1 Å². The van der Waals surface area contributed by atoms with Gasteiger partial charge in [0, 0.05) is 10.1 Å². The van der Waals surface area contributed by atoms with E-state index < -0.39 is 11.9 Å². The van der Waals surface area contributed by atoms with Crippen molar-refractivity contribution in [2.45, 2.75) is 47.0 Å². The molecule has 0 fully saturated rings. The summed E-state index contributed by atoms with van der Waals surface area (Å²) in [6, 6.07) is 6.00. The third kappa shape index (κ3) is 4.54. The third-order valence-corrected chi connectivity index (χ3v) is 7.84. The number of hydrogen-bond donors (Lipinski definition) is 1. The van der Waals surface area contributed by atoms with E-state index in [1.807, 2.05) is 12.1 Å². The van der Waals surface area contributed by atoms with Crippen LogP contribution in [0.1, 0.15) is 75.4 Å². The lowest BCUT2D eigenvalue weighted by atomic mass is 9.87. The van der Waals surface area contributed by atoms with E-state index >= 15 is 0 Å². The number of carbonyl (C=O) groups is 3. The monoisotopic (exact) mass is 477 g/mol. The number of ether oxygens (including phenoxy) is 1. The maximum absolute atomic E-state index is 13.1. The van der Waals surface area contributed by atoms with Crippen LogP contribution in [-0.2, 0) is 10.2 Å². The Hall–Kier alpha value is -2.22. The van der Waals surface area contributed by atoms with E-state index in [-0.39, 0.29) is 28.4 Å². The first-order chi connectivity index (χ1) is 14.5. The minimum atomic E-state index is -0.573. The molecule has 0 spiro atoms. The van der Waals surface area contributed by atoms with Crippen molar-refractivity contribution in [2.75, 3.05) is 11.9 Å². The largest absolute Gasteiger partial charge is 0.462 e. The molecule has 1 N–H and O–H groups in total. The van der Waals surface area contributed by atoms with Gasteiger partial charge in [0.05, 0.1) is 22.1 Å². The molecular formula is C23H24ClNO4S2. The fourth-order valence-corrected chi connectivity index (χ4v) is 5.76. The second-order valence-electron chi connectivity index (χ2n) is 8.20. The zero-order valence-electron chi connectivity index (χ0n) is 18.3. The van der Waals surface area contributed by atoms with Gasteiger partial charge in [-0.1, -0.05) is 44.5 Å². The molecule has 0 saturated carbocycles. The Labute approximate surface area is 194 Å². The minimum absolute atomic E-state index is 0.0286. The molecule has 164 valence electrons. The van der Waals surface area contributed by atoms with Gasteiger partial charge in [0.1, 0.15) is 9.88 Å². The van der Waals surface area contributed by atoms with Crippen LogP contribution in [0, 0.1) is 6.92 Å². The summed E-state index contributed by atoms with van der Waals surface area (Å²) in [6.07, 6.45) is 0. The van der Waals surface area contributed by atoms with E-state index in [1.165, 1.54) is 18.3 Å². The number of halogens is 1. The number of esters is 1. The number of fused-ring (bicyclic) bond motifs is 1. The van der Waals surface area contributed by atoms with Gasteiger partial charge in [-0.2, -0.15) is 0 Å². The smallest absolute Gasteiger partial charge is 0.341 e. The van der Waals surface area contributed by atoms with Crippen LogP contribution in [0.2, 0.25) is 5.02 Å². The van der Waals surface area contributed by atoms with Crippen LogP contribution in [-0.4, -0.2) is 24.3 Å². The second kappa shape index (κ2) is 8.73.